The molecule has 1 aromatic heterocycles. The van der Waals surface area contributed by atoms with Crippen LogP contribution in [0.25, 0.3) is 0 Å². The maximum Gasteiger partial charge on any atom is 0.245 e. The zero-order valence-corrected chi connectivity index (χ0v) is 15.8. The van der Waals surface area contributed by atoms with Crippen LogP contribution in [0.1, 0.15) is 18.5 Å². The van der Waals surface area contributed by atoms with E-state index < -0.39 is 0 Å². The van der Waals surface area contributed by atoms with Gasteiger partial charge in [-0.25, -0.2) is 4.39 Å². The molecule has 0 amide bonds. The van der Waals surface area contributed by atoms with Gasteiger partial charge < -0.3 is 15.1 Å². The van der Waals surface area contributed by atoms with Crippen LogP contribution in [-0.2, 0) is 0 Å². The molecule has 0 aliphatic carbocycles. The van der Waals surface area contributed by atoms with Crippen molar-refractivity contribution < 1.29 is 4.39 Å². The Morgan fingerprint density at radius 1 is 0.929 bits per heavy atom. The molecule has 0 radical (unpaired) electrons. The SMILES string of the molecule is CC(Nc1nncc(N2CCN(c3ccccc3F)CC2)n1)c1ccccc1. The van der Waals surface area contributed by atoms with E-state index in [1.54, 1.807) is 12.3 Å². The molecule has 3 aromatic rings. The standard InChI is InChI=1S/C21H23FN6/c1-16(17-7-3-2-4-8-17)24-21-25-20(15-23-26-21)28-13-11-27(12-14-28)19-10-6-5-9-18(19)22/h2-10,15-16H,11-14H2,1H3,(H,24,25,26). The van der Waals surface area contributed by atoms with Crippen LogP contribution in [-0.4, -0.2) is 41.4 Å². The summed E-state index contributed by atoms with van der Waals surface area (Å²) in [6, 6.07) is 17.1. The third kappa shape index (κ3) is 4.03. The lowest BCUT2D eigenvalue weighted by molar-refractivity contribution is 0.595. The third-order valence-electron chi connectivity index (χ3n) is 4.99. The molecule has 0 saturated carbocycles. The summed E-state index contributed by atoms with van der Waals surface area (Å²) in [6.07, 6.45) is 1.68. The Balaban J connectivity index is 1.41. The van der Waals surface area contributed by atoms with Gasteiger partial charge in [-0.15, -0.1) is 5.10 Å². The summed E-state index contributed by atoms with van der Waals surface area (Å²) in [4.78, 5) is 8.85. The molecule has 7 heteroatoms. The smallest absolute Gasteiger partial charge is 0.245 e. The van der Waals surface area contributed by atoms with Crippen LogP contribution in [0.4, 0.5) is 21.8 Å². The molecule has 1 atom stereocenters. The van der Waals surface area contributed by atoms with Crippen molar-refractivity contribution >= 4 is 17.5 Å². The first-order valence-corrected chi connectivity index (χ1v) is 9.46. The lowest BCUT2D eigenvalue weighted by atomic mass is 10.1. The van der Waals surface area contributed by atoms with E-state index in [1.165, 1.54) is 6.07 Å². The number of nitrogens with zero attached hydrogens (tertiary/aromatic N) is 5. The Kier molecular flexibility index (Phi) is 5.32. The average molecular weight is 378 g/mol. The molecule has 1 aliphatic rings. The van der Waals surface area contributed by atoms with Gasteiger partial charge in [0.15, 0.2) is 5.82 Å². The van der Waals surface area contributed by atoms with E-state index in [2.05, 4.69) is 49.4 Å². The molecule has 0 bridgehead atoms. The highest BCUT2D eigenvalue weighted by molar-refractivity contribution is 5.50. The van der Waals surface area contributed by atoms with Crippen molar-refractivity contribution in [2.75, 3.05) is 41.3 Å². The van der Waals surface area contributed by atoms with E-state index in [-0.39, 0.29) is 11.9 Å². The fourth-order valence-electron chi connectivity index (χ4n) is 3.41. The third-order valence-corrected chi connectivity index (χ3v) is 4.99. The van der Waals surface area contributed by atoms with Crippen LogP contribution < -0.4 is 15.1 Å². The normalized spacial score (nSPS) is 15.4. The molecule has 2 aromatic carbocycles. The number of nitrogens with one attached hydrogen (secondary N) is 1. The molecular formula is C21H23FN6. The Morgan fingerprint density at radius 2 is 1.61 bits per heavy atom. The highest BCUT2D eigenvalue weighted by Gasteiger charge is 2.21. The first-order chi connectivity index (χ1) is 13.7. The summed E-state index contributed by atoms with van der Waals surface area (Å²) in [7, 11) is 0. The van der Waals surface area contributed by atoms with Gasteiger partial charge in [0.2, 0.25) is 5.95 Å². The number of para-hydroxylation sites is 1. The summed E-state index contributed by atoms with van der Waals surface area (Å²) in [6.45, 7) is 5.03. The highest BCUT2D eigenvalue weighted by Crippen LogP contribution is 2.22. The van der Waals surface area contributed by atoms with Gasteiger partial charge in [0.25, 0.3) is 0 Å². The second kappa shape index (κ2) is 8.21. The Labute approximate surface area is 164 Å². The molecule has 1 N–H and O–H groups in total. The van der Waals surface area contributed by atoms with Crippen molar-refractivity contribution in [3.63, 3.8) is 0 Å². The predicted molar refractivity (Wildman–Crippen MR) is 109 cm³/mol. The van der Waals surface area contributed by atoms with E-state index in [0.29, 0.717) is 11.6 Å². The Morgan fingerprint density at radius 3 is 2.36 bits per heavy atom. The lowest BCUT2D eigenvalue weighted by Crippen LogP contribution is -2.47. The molecule has 1 fully saturated rings. The molecule has 28 heavy (non-hydrogen) atoms. The fraction of sp³-hybridized carbons (Fsp3) is 0.286. The van der Waals surface area contributed by atoms with E-state index in [4.69, 9.17) is 0 Å². The van der Waals surface area contributed by atoms with Gasteiger partial charge >= 0.3 is 0 Å². The predicted octanol–water partition coefficient (Wildman–Crippen LogP) is 3.51. The van der Waals surface area contributed by atoms with Crippen molar-refractivity contribution in [1.29, 1.82) is 0 Å². The lowest BCUT2D eigenvalue weighted by Gasteiger charge is -2.36. The van der Waals surface area contributed by atoms with Gasteiger partial charge in [-0.2, -0.15) is 10.1 Å². The van der Waals surface area contributed by atoms with E-state index >= 15 is 0 Å². The Hall–Kier alpha value is -3.22. The number of hydrogen-bond acceptors (Lipinski definition) is 6. The number of piperazine rings is 1. The van der Waals surface area contributed by atoms with Gasteiger partial charge in [0.1, 0.15) is 5.82 Å². The number of halogens is 1. The van der Waals surface area contributed by atoms with Gasteiger partial charge in [-0.05, 0) is 24.6 Å². The molecule has 1 unspecified atom stereocenters. The van der Waals surface area contributed by atoms with Gasteiger partial charge in [0, 0.05) is 26.2 Å². The first kappa shape index (κ1) is 18.2. The monoisotopic (exact) mass is 378 g/mol. The summed E-state index contributed by atoms with van der Waals surface area (Å²) in [5, 5.41) is 11.5. The minimum atomic E-state index is -0.180. The largest absolute Gasteiger partial charge is 0.366 e. The van der Waals surface area contributed by atoms with Crippen molar-refractivity contribution in [2.24, 2.45) is 0 Å². The number of anilines is 3. The number of rotatable bonds is 5. The second-order valence-electron chi connectivity index (χ2n) is 6.84. The maximum atomic E-state index is 14.0. The molecule has 1 saturated heterocycles. The van der Waals surface area contributed by atoms with Crippen LogP contribution in [0.3, 0.4) is 0 Å². The highest BCUT2D eigenvalue weighted by atomic mass is 19.1. The fourth-order valence-corrected chi connectivity index (χ4v) is 3.41. The summed E-state index contributed by atoms with van der Waals surface area (Å²) in [5.41, 5.74) is 1.82. The molecule has 144 valence electrons. The van der Waals surface area contributed by atoms with Crippen LogP contribution >= 0.6 is 0 Å². The van der Waals surface area contributed by atoms with Crippen molar-refractivity contribution in [3.8, 4) is 0 Å². The number of benzene rings is 2. The minimum absolute atomic E-state index is 0.0798. The van der Waals surface area contributed by atoms with Gasteiger partial charge in [-0.1, -0.05) is 42.5 Å². The Bertz CT molecular complexity index is 912. The minimum Gasteiger partial charge on any atom is -0.366 e. The molecular weight excluding hydrogens is 355 g/mol. The molecule has 2 heterocycles. The van der Waals surface area contributed by atoms with Crippen molar-refractivity contribution in [1.82, 2.24) is 15.2 Å². The molecule has 4 rings (SSSR count). The van der Waals surface area contributed by atoms with Gasteiger partial charge in [0.05, 0.1) is 17.9 Å². The van der Waals surface area contributed by atoms with E-state index in [9.17, 15) is 4.39 Å². The van der Waals surface area contributed by atoms with Crippen molar-refractivity contribution in [3.05, 3.63) is 72.2 Å². The maximum absolute atomic E-state index is 14.0. The molecule has 1 aliphatic heterocycles. The first-order valence-electron chi connectivity index (χ1n) is 9.46. The van der Waals surface area contributed by atoms with Crippen LogP contribution in [0, 0.1) is 5.82 Å². The van der Waals surface area contributed by atoms with Crippen LogP contribution in [0.15, 0.2) is 60.8 Å². The number of hydrogen-bond donors (Lipinski definition) is 1. The topological polar surface area (TPSA) is 57.2 Å². The van der Waals surface area contributed by atoms with Crippen LogP contribution in [0.2, 0.25) is 0 Å². The zero-order chi connectivity index (χ0) is 19.3. The zero-order valence-electron chi connectivity index (χ0n) is 15.8. The molecule has 0 spiro atoms. The van der Waals surface area contributed by atoms with Crippen molar-refractivity contribution in [2.45, 2.75) is 13.0 Å². The quantitative estimate of drug-likeness (QED) is 0.733. The summed E-state index contributed by atoms with van der Waals surface area (Å²) in [5.74, 6) is 1.11. The van der Waals surface area contributed by atoms with E-state index in [0.717, 1.165) is 37.6 Å². The summed E-state index contributed by atoms with van der Waals surface area (Å²) >= 11 is 0. The van der Waals surface area contributed by atoms with E-state index in [1.807, 2.05) is 30.3 Å². The summed E-state index contributed by atoms with van der Waals surface area (Å²) < 4.78 is 14.0. The average Bonchev–Trinajstić information content (AvgIpc) is 2.75. The van der Waals surface area contributed by atoms with Gasteiger partial charge in [-0.3, -0.25) is 0 Å². The van der Waals surface area contributed by atoms with Crippen LogP contribution in [0.5, 0.6) is 0 Å². The second-order valence-corrected chi connectivity index (χ2v) is 6.84. The molecule has 6 nitrogen and oxygen atoms in total. The number of aromatic nitrogens is 3.